The first-order chi connectivity index (χ1) is 14.0. The van der Waals surface area contributed by atoms with Gasteiger partial charge in [0.1, 0.15) is 11.9 Å². The van der Waals surface area contributed by atoms with E-state index in [1.165, 1.54) is 24.3 Å². The SMILES string of the molecule is O=C(CCCC(=O)c1ccc(F)cc1)N[C@H](C(=O)N1CCCC1)c1ccccc1. The van der Waals surface area contributed by atoms with Crippen LogP contribution in [-0.4, -0.2) is 35.6 Å². The molecule has 1 heterocycles. The molecule has 2 aromatic rings. The van der Waals surface area contributed by atoms with Crippen LogP contribution in [0.3, 0.4) is 0 Å². The molecule has 1 aliphatic heterocycles. The van der Waals surface area contributed by atoms with Crippen molar-refractivity contribution in [3.63, 3.8) is 0 Å². The molecule has 1 atom stereocenters. The van der Waals surface area contributed by atoms with Crippen LogP contribution in [0.15, 0.2) is 54.6 Å². The highest BCUT2D eigenvalue weighted by molar-refractivity contribution is 5.96. The lowest BCUT2D eigenvalue weighted by Crippen LogP contribution is -2.41. The van der Waals surface area contributed by atoms with Gasteiger partial charge in [0, 0.05) is 31.5 Å². The largest absolute Gasteiger partial charge is 0.341 e. The molecule has 0 spiro atoms. The van der Waals surface area contributed by atoms with Gasteiger partial charge in [0.25, 0.3) is 0 Å². The second-order valence-corrected chi connectivity index (χ2v) is 7.23. The monoisotopic (exact) mass is 396 g/mol. The van der Waals surface area contributed by atoms with Crippen LogP contribution in [0.5, 0.6) is 0 Å². The zero-order valence-electron chi connectivity index (χ0n) is 16.3. The molecule has 29 heavy (non-hydrogen) atoms. The van der Waals surface area contributed by atoms with E-state index in [9.17, 15) is 18.8 Å². The van der Waals surface area contributed by atoms with Crippen molar-refractivity contribution < 1.29 is 18.8 Å². The van der Waals surface area contributed by atoms with Gasteiger partial charge in [-0.25, -0.2) is 4.39 Å². The number of likely N-dealkylation sites (tertiary alicyclic amines) is 1. The second-order valence-electron chi connectivity index (χ2n) is 7.23. The van der Waals surface area contributed by atoms with Crippen LogP contribution >= 0.6 is 0 Å². The fraction of sp³-hybridized carbons (Fsp3) is 0.348. The number of benzene rings is 2. The minimum atomic E-state index is -0.713. The summed E-state index contributed by atoms with van der Waals surface area (Å²) in [6.45, 7) is 1.43. The number of hydrogen-bond acceptors (Lipinski definition) is 3. The highest BCUT2D eigenvalue weighted by Crippen LogP contribution is 2.20. The average Bonchev–Trinajstić information content (AvgIpc) is 3.27. The van der Waals surface area contributed by atoms with Crippen molar-refractivity contribution in [1.29, 1.82) is 0 Å². The van der Waals surface area contributed by atoms with Gasteiger partial charge in [0.15, 0.2) is 5.78 Å². The Morgan fingerprint density at radius 3 is 2.24 bits per heavy atom. The van der Waals surface area contributed by atoms with Gasteiger partial charge in [-0.2, -0.15) is 0 Å². The molecule has 0 aromatic heterocycles. The normalized spacial score (nSPS) is 14.4. The summed E-state index contributed by atoms with van der Waals surface area (Å²) in [5.41, 5.74) is 1.18. The van der Waals surface area contributed by atoms with Crippen LogP contribution in [0, 0.1) is 5.82 Å². The molecule has 0 bridgehead atoms. The molecule has 0 aliphatic carbocycles. The molecule has 0 radical (unpaired) electrons. The minimum absolute atomic E-state index is 0.0931. The molecule has 1 fully saturated rings. The summed E-state index contributed by atoms with van der Waals surface area (Å²) >= 11 is 0. The summed E-state index contributed by atoms with van der Waals surface area (Å²) in [6.07, 6.45) is 2.65. The number of carbonyl (C=O) groups is 3. The Morgan fingerprint density at radius 1 is 0.931 bits per heavy atom. The molecule has 0 saturated carbocycles. The van der Waals surface area contributed by atoms with Crippen LogP contribution in [0.25, 0.3) is 0 Å². The van der Waals surface area contributed by atoms with E-state index in [1.807, 2.05) is 30.3 Å². The number of nitrogens with zero attached hydrogens (tertiary/aromatic N) is 1. The van der Waals surface area contributed by atoms with Crippen molar-refractivity contribution >= 4 is 17.6 Å². The van der Waals surface area contributed by atoms with E-state index in [4.69, 9.17) is 0 Å². The molecule has 2 amide bonds. The highest BCUT2D eigenvalue weighted by Gasteiger charge is 2.28. The number of carbonyl (C=O) groups excluding carboxylic acids is 3. The van der Waals surface area contributed by atoms with E-state index in [0.29, 0.717) is 25.1 Å². The van der Waals surface area contributed by atoms with Crippen molar-refractivity contribution in [2.45, 2.75) is 38.1 Å². The van der Waals surface area contributed by atoms with Gasteiger partial charge in [-0.1, -0.05) is 30.3 Å². The van der Waals surface area contributed by atoms with E-state index in [0.717, 1.165) is 18.4 Å². The van der Waals surface area contributed by atoms with E-state index in [1.54, 1.807) is 4.90 Å². The number of Topliss-reactive ketones (excluding diaryl/α,β-unsaturated/α-hetero) is 1. The van der Waals surface area contributed by atoms with Gasteiger partial charge >= 0.3 is 0 Å². The first-order valence-electron chi connectivity index (χ1n) is 9.96. The van der Waals surface area contributed by atoms with Crippen LogP contribution < -0.4 is 5.32 Å². The third-order valence-corrected chi connectivity index (χ3v) is 5.08. The fourth-order valence-electron chi connectivity index (χ4n) is 3.48. The van der Waals surface area contributed by atoms with Crippen LogP contribution in [0.4, 0.5) is 4.39 Å². The maximum atomic E-state index is 13.0. The lowest BCUT2D eigenvalue weighted by molar-refractivity contribution is -0.135. The quantitative estimate of drug-likeness (QED) is 0.693. The van der Waals surface area contributed by atoms with Gasteiger partial charge in [-0.3, -0.25) is 14.4 Å². The number of hydrogen-bond donors (Lipinski definition) is 1. The molecular weight excluding hydrogens is 371 g/mol. The first kappa shape index (κ1) is 20.7. The van der Waals surface area contributed by atoms with E-state index < -0.39 is 11.9 Å². The summed E-state index contributed by atoms with van der Waals surface area (Å²) in [6, 6.07) is 13.9. The fourth-order valence-corrected chi connectivity index (χ4v) is 3.48. The van der Waals surface area contributed by atoms with Gasteiger partial charge in [-0.15, -0.1) is 0 Å². The maximum absolute atomic E-state index is 13.0. The summed E-state index contributed by atoms with van der Waals surface area (Å²) < 4.78 is 13.0. The molecule has 1 aliphatic rings. The van der Waals surface area contributed by atoms with Gasteiger partial charge in [-0.05, 0) is 49.1 Å². The van der Waals surface area contributed by atoms with Gasteiger partial charge in [0.2, 0.25) is 11.8 Å². The van der Waals surface area contributed by atoms with Gasteiger partial charge < -0.3 is 10.2 Å². The Balaban J connectivity index is 1.56. The van der Waals surface area contributed by atoms with Crippen LogP contribution in [0.2, 0.25) is 0 Å². The Hall–Kier alpha value is -3.02. The summed E-state index contributed by atoms with van der Waals surface area (Å²) in [5, 5.41) is 2.84. The number of halogens is 1. The van der Waals surface area contributed by atoms with E-state index in [2.05, 4.69) is 5.32 Å². The highest BCUT2D eigenvalue weighted by atomic mass is 19.1. The standard InChI is InChI=1S/C23H25FN2O3/c24-19-13-11-17(12-14-19)20(27)9-6-10-21(28)25-22(18-7-2-1-3-8-18)23(29)26-15-4-5-16-26/h1-3,7-8,11-14,22H,4-6,9-10,15-16H2,(H,25,28)/t22-/m0/s1. The van der Waals surface area contributed by atoms with Gasteiger partial charge in [0.05, 0.1) is 0 Å². The Bertz CT molecular complexity index is 846. The summed E-state index contributed by atoms with van der Waals surface area (Å²) in [7, 11) is 0. The average molecular weight is 396 g/mol. The molecule has 2 aromatic carbocycles. The Labute approximate surface area is 169 Å². The zero-order valence-corrected chi connectivity index (χ0v) is 16.3. The Morgan fingerprint density at radius 2 is 1.59 bits per heavy atom. The van der Waals surface area contributed by atoms with Crippen LogP contribution in [-0.2, 0) is 9.59 Å². The maximum Gasteiger partial charge on any atom is 0.249 e. The topological polar surface area (TPSA) is 66.5 Å². The zero-order chi connectivity index (χ0) is 20.6. The third kappa shape index (κ3) is 5.73. The van der Waals surface area contributed by atoms with Crippen molar-refractivity contribution in [3.05, 3.63) is 71.5 Å². The molecule has 3 rings (SSSR count). The lowest BCUT2D eigenvalue weighted by Gasteiger charge is -2.24. The summed E-state index contributed by atoms with van der Waals surface area (Å²) in [4.78, 5) is 39.3. The number of ketones is 1. The predicted octanol–water partition coefficient (Wildman–Crippen LogP) is 3.66. The molecular formula is C23H25FN2O3. The molecule has 6 heteroatoms. The molecule has 152 valence electrons. The molecule has 1 N–H and O–H groups in total. The molecule has 1 saturated heterocycles. The molecule has 0 unspecified atom stereocenters. The third-order valence-electron chi connectivity index (χ3n) is 5.08. The smallest absolute Gasteiger partial charge is 0.249 e. The van der Waals surface area contributed by atoms with Crippen molar-refractivity contribution in [2.24, 2.45) is 0 Å². The minimum Gasteiger partial charge on any atom is -0.341 e. The van der Waals surface area contributed by atoms with E-state index in [-0.39, 0.29) is 30.4 Å². The summed E-state index contributed by atoms with van der Waals surface area (Å²) in [5.74, 6) is -0.885. The first-order valence-corrected chi connectivity index (χ1v) is 9.96. The van der Waals surface area contributed by atoms with Crippen molar-refractivity contribution in [1.82, 2.24) is 10.2 Å². The number of amides is 2. The molecule has 5 nitrogen and oxygen atoms in total. The van der Waals surface area contributed by atoms with Crippen molar-refractivity contribution in [2.75, 3.05) is 13.1 Å². The number of rotatable bonds is 8. The second kappa shape index (κ2) is 9.96. The van der Waals surface area contributed by atoms with Crippen molar-refractivity contribution in [3.8, 4) is 0 Å². The van der Waals surface area contributed by atoms with Crippen LogP contribution in [0.1, 0.15) is 54.1 Å². The predicted molar refractivity (Wildman–Crippen MR) is 108 cm³/mol. The number of nitrogens with one attached hydrogen (secondary N) is 1. The Kier molecular flexibility index (Phi) is 7.11. The van der Waals surface area contributed by atoms with E-state index >= 15 is 0 Å². The lowest BCUT2D eigenvalue weighted by atomic mass is 10.0.